The number of pyridine rings is 1. The van der Waals surface area contributed by atoms with Gasteiger partial charge in [0.2, 0.25) is 0 Å². The molecule has 5 rings (SSSR count). The molecule has 33 heavy (non-hydrogen) atoms. The maximum Gasteiger partial charge on any atom is 0.159 e. The summed E-state index contributed by atoms with van der Waals surface area (Å²) in [4.78, 5) is 15.2. The lowest BCUT2D eigenvalue weighted by Crippen LogP contribution is -2.20. The minimum Gasteiger partial charge on any atom is -0.340 e. The van der Waals surface area contributed by atoms with E-state index in [1.807, 2.05) is 31.5 Å². The fourth-order valence-corrected chi connectivity index (χ4v) is 4.58. The molecular formula is C27H30N6. The third-order valence-electron chi connectivity index (χ3n) is 6.37. The number of hydrogen-bond donors (Lipinski definition) is 2. The first-order valence-electron chi connectivity index (χ1n) is 11.7. The third kappa shape index (κ3) is 4.66. The fourth-order valence-electron chi connectivity index (χ4n) is 4.58. The smallest absolute Gasteiger partial charge is 0.159 e. The number of hydrogen-bond acceptors (Lipinski definition) is 4. The van der Waals surface area contributed by atoms with Gasteiger partial charge in [0.1, 0.15) is 5.69 Å². The molecule has 168 valence electrons. The first kappa shape index (κ1) is 21.3. The van der Waals surface area contributed by atoms with E-state index in [9.17, 15) is 0 Å². The Labute approximate surface area is 194 Å². The normalized spacial score (nSPS) is 14.6. The van der Waals surface area contributed by atoms with Crippen LogP contribution in [-0.4, -0.2) is 49.7 Å². The van der Waals surface area contributed by atoms with E-state index in [0.29, 0.717) is 0 Å². The van der Waals surface area contributed by atoms with Gasteiger partial charge in [0.15, 0.2) is 5.82 Å². The highest BCUT2D eigenvalue weighted by molar-refractivity contribution is 5.94. The van der Waals surface area contributed by atoms with E-state index in [2.05, 4.69) is 55.9 Å². The summed E-state index contributed by atoms with van der Waals surface area (Å²) < 4.78 is 0. The van der Waals surface area contributed by atoms with Crippen LogP contribution < -0.4 is 0 Å². The number of imidazole rings is 1. The number of allylic oxidation sites excluding steroid dienone is 2. The number of rotatable bonds is 8. The van der Waals surface area contributed by atoms with Crippen molar-refractivity contribution in [2.24, 2.45) is 0 Å². The van der Waals surface area contributed by atoms with Crippen LogP contribution in [0.2, 0.25) is 0 Å². The van der Waals surface area contributed by atoms with Crippen molar-refractivity contribution in [2.45, 2.75) is 32.6 Å². The fraction of sp³-hybridized carbons (Fsp3) is 0.296. The summed E-state index contributed by atoms with van der Waals surface area (Å²) in [5.41, 5.74) is 7.26. The number of nitrogens with one attached hydrogen (secondary N) is 2. The first-order chi connectivity index (χ1) is 16.2. The molecule has 1 fully saturated rings. The van der Waals surface area contributed by atoms with Gasteiger partial charge in [0.05, 0.1) is 11.2 Å². The van der Waals surface area contributed by atoms with Gasteiger partial charge in [-0.25, -0.2) is 4.98 Å². The molecule has 4 heterocycles. The van der Waals surface area contributed by atoms with Crippen LogP contribution >= 0.6 is 0 Å². The number of H-pyrrole nitrogens is 2. The van der Waals surface area contributed by atoms with Crippen molar-refractivity contribution in [3.05, 3.63) is 72.3 Å². The van der Waals surface area contributed by atoms with Gasteiger partial charge in [-0.05, 0) is 87.6 Å². The van der Waals surface area contributed by atoms with Gasteiger partial charge in [-0.2, -0.15) is 5.10 Å². The molecule has 4 aromatic rings. The van der Waals surface area contributed by atoms with Gasteiger partial charge in [-0.15, -0.1) is 0 Å². The summed E-state index contributed by atoms with van der Waals surface area (Å²) in [6.45, 7) is 9.44. The van der Waals surface area contributed by atoms with Crippen molar-refractivity contribution >= 4 is 17.0 Å². The summed E-state index contributed by atoms with van der Waals surface area (Å²) >= 11 is 0. The highest BCUT2D eigenvalue weighted by Gasteiger charge is 2.15. The molecular weight excluding hydrogens is 408 g/mol. The van der Waals surface area contributed by atoms with Crippen LogP contribution in [0.5, 0.6) is 0 Å². The van der Waals surface area contributed by atoms with Crippen molar-refractivity contribution in [1.82, 2.24) is 30.0 Å². The monoisotopic (exact) mass is 438 g/mol. The second-order valence-electron chi connectivity index (χ2n) is 8.76. The van der Waals surface area contributed by atoms with Gasteiger partial charge in [0.25, 0.3) is 0 Å². The maximum absolute atomic E-state index is 4.73. The summed E-state index contributed by atoms with van der Waals surface area (Å²) in [7, 11) is 0. The Hall–Kier alpha value is -3.51. The van der Waals surface area contributed by atoms with Crippen LogP contribution in [-0.2, 0) is 6.42 Å². The first-order valence-corrected chi connectivity index (χ1v) is 11.7. The van der Waals surface area contributed by atoms with Gasteiger partial charge < -0.3 is 9.88 Å². The van der Waals surface area contributed by atoms with Gasteiger partial charge in [-0.3, -0.25) is 10.1 Å². The topological polar surface area (TPSA) is 73.5 Å². The largest absolute Gasteiger partial charge is 0.340 e. The zero-order chi connectivity index (χ0) is 22.6. The van der Waals surface area contributed by atoms with Crippen LogP contribution in [0.15, 0.2) is 55.4 Å². The molecule has 0 aliphatic carbocycles. The van der Waals surface area contributed by atoms with Crippen LogP contribution in [0.1, 0.15) is 36.2 Å². The number of benzene rings is 1. The highest BCUT2D eigenvalue weighted by Crippen LogP contribution is 2.30. The molecule has 0 spiro atoms. The number of fused-ring (bicyclic) bond motifs is 1. The molecule has 0 unspecified atom stereocenters. The number of aryl methyl sites for hydroxylation is 2. The number of nitrogens with zero attached hydrogens (tertiary/aromatic N) is 4. The second kappa shape index (κ2) is 9.55. The highest BCUT2D eigenvalue weighted by atomic mass is 15.1. The molecule has 1 aliphatic rings. The number of aromatic amines is 2. The van der Waals surface area contributed by atoms with E-state index < -0.39 is 0 Å². The lowest BCUT2D eigenvalue weighted by molar-refractivity contribution is 0.334. The van der Waals surface area contributed by atoms with Crippen LogP contribution in [0, 0.1) is 6.92 Å². The molecule has 1 aromatic carbocycles. The Bertz CT molecular complexity index is 1290. The zero-order valence-electron chi connectivity index (χ0n) is 19.1. The van der Waals surface area contributed by atoms with E-state index in [1.54, 1.807) is 6.08 Å². The summed E-state index contributed by atoms with van der Waals surface area (Å²) in [5.74, 6) is 0.758. The van der Waals surface area contributed by atoms with Gasteiger partial charge >= 0.3 is 0 Å². The Morgan fingerprint density at radius 1 is 1.12 bits per heavy atom. The number of aromatic nitrogens is 5. The van der Waals surface area contributed by atoms with E-state index >= 15 is 0 Å². The molecule has 0 bridgehead atoms. The Kier molecular flexibility index (Phi) is 6.17. The van der Waals surface area contributed by atoms with Gasteiger partial charge in [0, 0.05) is 29.0 Å². The molecule has 1 saturated heterocycles. The zero-order valence-corrected chi connectivity index (χ0v) is 19.1. The third-order valence-corrected chi connectivity index (χ3v) is 6.37. The van der Waals surface area contributed by atoms with E-state index in [-0.39, 0.29) is 0 Å². The van der Waals surface area contributed by atoms with E-state index in [4.69, 9.17) is 4.98 Å². The lowest BCUT2D eigenvalue weighted by Gasteiger charge is -2.14. The average molecular weight is 439 g/mol. The average Bonchev–Trinajstić information content (AvgIpc) is 3.57. The van der Waals surface area contributed by atoms with Crippen LogP contribution in [0.4, 0.5) is 0 Å². The van der Waals surface area contributed by atoms with Crippen molar-refractivity contribution in [3.8, 4) is 22.6 Å². The molecule has 3 aromatic heterocycles. The predicted molar refractivity (Wildman–Crippen MR) is 135 cm³/mol. The van der Waals surface area contributed by atoms with Crippen LogP contribution in [0.3, 0.4) is 0 Å². The maximum atomic E-state index is 4.73. The predicted octanol–water partition coefficient (Wildman–Crippen LogP) is 5.55. The molecule has 1 aliphatic heterocycles. The van der Waals surface area contributed by atoms with Crippen molar-refractivity contribution < 1.29 is 0 Å². The standard InChI is InChI=1S/C27H30N6/c1-3-4-9-24-19(2)29-27(30-24)26-23-16-21(10-11-25(23)31-32-26)22-15-20(17-28-18-22)8-7-14-33-12-5-6-13-33/h3-4,9-11,15-18H,1,5-8,12-14H2,2H3,(H,29,30)(H,31,32)/b9-4-. The van der Waals surface area contributed by atoms with Crippen molar-refractivity contribution in [1.29, 1.82) is 0 Å². The molecule has 0 atom stereocenters. The quantitative estimate of drug-likeness (QED) is 0.354. The van der Waals surface area contributed by atoms with Crippen molar-refractivity contribution in [2.75, 3.05) is 19.6 Å². The van der Waals surface area contributed by atoms with E-state index in [1.165, 1.54) is 44.5 Å². The summed E-state index contributed by atoms with van der Waals surface area (Å²) in [6.07, 6.45) is 14.5. The number of likely N-dealkylation sites (tertiary alicyclic amines) is 1. The molecule has 0 amide bonds. The second-order valence-corrected chi connectivity index (χ2v) is 8.76. The van der Waals surface area contributed by atoms with Crippen molar-refractivity contribution in [3.63, 3.8) is 0 Å². The molecule has 6 heteroatoms. The molecule has 0 saturated carbocycles. The Morgan fingerprint density at radius 3 is 2.85 bits per heavy atom. The minimum atomic E-state index is 0.758. The van der Waals surface area contributed by atoms with Gasteiger partial charge in [-0.1, -0.05) is 24.8 Å². The summed E-state index contributed by atoms with van der Waals surface area (Å²) in [5, 5.41) is 8.73. The van der Waals surface area contributed by atoms with E-state index in [0.717, 1.165) is 51.4 Å². The molecule has 6 nitrogen and oxygen atoms in total. The Balaban J connectivity index is 1.39. The summed E-state index contributed by atoms with van der Waals surface area (Å²) in [6, 6.07) is 8.65. The minimum absolute atomic E-state index is 0.758. The lowest BCUT2D eigenvalue weighted by atomic mass is 10.0. The van der Waals surface area contributed by atoms with Crippen LogP contribution in [0.25, 0.3) is 39.6 Å². The molecule has 0 radical (unpaired) electrons. The Morgan fingerprint density at radius 2 is 2.00 bits per heavy atom. The SMILES string of the molecule is C=C/C=C\c1nc(-c2n[nH]c3ccc(-c4cncc(CCCN5CCCC5)c4)cc23)[nH]c1C. The molecule has 2 N–H and O–H groups in total.